The molecule has 22 aromatic rings. The van der Waals surface area contributed by atoms with Crippen LogP contribution in [0.5, 0.6) is 0 Å². The zero-order valence-electron chi connectivity index (χ0n) is 67.5. The Morgan fingerprint density at radius 2 is 0.379 bits per heavy atom. The third-order valence-corrected chi connectivity index (χ3v) is 23.2. The number of hydrogen-bond donors (Lipinski definition) is 0. The van der Waals surface area contributed by atoms with E-state index in [0.29, 0.717) is 34.9 Å². The number of rotatable bonds is 16. The summed E-state index contributed by atoms with van der Waals surface area (Å²) in [6.07, 6.45) is 5.77. The molecule has 0 N–H and O–H groups in total. The lowest BCUT2D eigenvalue weighted by molar-refractivity contribution is 1.07. The first kappa shape index (κ1) is 74.8. The van der Waals surface area contributed by atoms with E-state index in [1.165, 1.54) is 60.3 Å². The van der Waals surface area contributed by atoms with Gasteiger partial charge >= 0.3 is 0 Å². The fourth-order valence-corrected chi connectivity index (χ4v) is 16.6. The highest BCUT2D eigenvalue weighted by Gasteiger charge is 2.19. The van der Waals surface area contributed by atoms with E-state index < -0.39 is 0 Å². The molecule has 0 radical (unpaired) electrons. The molecule has 18 aromatic carbocycles. The van der Waals surface area contributed by atoms with Crippen molar-refractivity contribution in [2.45, 2.75) is 0 Å². The Bertz CT molecular complexity index is 7020. The lowest BCUT2D eigenvalue weighted by Crippen LogP contribution is -2.00. The Morgan fingerprint density at radius 1 is 0.129 bits per heavy atom. The summed E-state index contributed by atoms with van der Waals surface area (Å²) in [7, 11) is 0. The Balaban J connectivity index is 0.000000152. The number of pyridine rings is 2. The maximum atomic E-state index is 5.11. The molecular formula is C116H76N8. The number of hydrogen-bond acceptors (Lipinski definition) is 8. The first-order valence-electron chi connectivity index (χ1n) is 41.7. The summed E-state index contributed by atoms with van der Waals surface area (Å²) in [6.45, 7) is 0. The summed E-state index contributed by atoms with van der Waals surface area (Å²) >= 11 is 0. The summed E-state index contributed by atoms with van der Waals surface area (Å²) < 4.78 is 0. The van der Waals surface area contributed by atoms with Crippen molar-refractivity contribution in [2.75, 3.05) is 0 Å². The normalized spacial score (nSPS) is 11.2. The van der Waals surface area contributed by atoms with Crippen LogP contribution in [0.1, 0.15) is 0 Å². The van der Waals surface area contributed by atoms with Gasteiger partial charge in [-0.25, -0.2) is 29.9 Å². The van der Waals surface area contributed by atoms with E-state index in [1.54, 1.807) is 0 Å². The zero-order chi connectivity index (χ0) is 82.5. The van der Waals surface area contributed by atoms with Gasteiger partial charge in [0.15, 0.2) is 34.9 Å². The summed E-state index contributed by atoms with van der Waals surface area (Å²) in [4.78, 5) is 39.8. The summed E-state index contributed by atoms with van der Waals surface area (Å²) in [6, 6.07) is 156. The molecule has 0 unspecified atom stereocenters. The standard InChI is InChI=1S/2C58H38N4/c1-3-10-39(11-4-1)41-20-25-44(26-21-41)56-60-57(45-27-22-42(23-28-45)40-12-5-2-6-13-40)62-58(61-56)53-19-9-18-50(37-53)48-16-7-14-46(34-48)47-15-8-17-49(35-47)51-30-31-54-52(36-51)29-24-43-32-33-59-38-55(43)54;1-3-12-39(13-4-1)41-24-28-43(29-25-41)56-60-57(44-30-26-42(27-31-44)40-14-5-2-6-15-40)62-58(61-56)51-22-11-21-49(36-51)47-19-9-17-45(34-47)46-18-10-20-48(35-46)50-32-33-54-53-23-8-7-16-52(53)38-59-55(54)37-50/h2*1-38H. The summed E-state index contributed by atoms with van der Waals surface area (Å²) in [5.41, 5.74) is 29.4. The lowest BCUT2D eigenvalue weighted by Gasteiger charge is -2.12. The Kier molecular flexibility index (Phi) is 20.3. The van der Waals surface area contributed by atoms with Crippen LogP contribution in [0.3, 0.4) is 0 Å². The van der Waals surface area contributed by atoms with E-state index >= 15 is 0 Å². The average Bonchev–Trinajstić information content (AvgIpc) is 0.783. The van der Waals surface area contributed by atoms with E-state index in [2.05, 4.69) is 424 Å². The van der Waals surface area contributed by atoms with Crippen molar-refractivity contribution in [1.82, 2.24) is 39.9 Å². The second kappa shape index (κ2) is 33.6. The molecule has 580 valence electrons. The van der Waals surface area contributed by atoms with Crippen molar-refractivity contribution >= 4 is 43.2 Å². The van der Waals surface area contributed by atoms with Gasteiger partial charge in [-0.1, -0.05) is 388 Å². The van der Waals surface area contributed by atoms with Crippen molar-refractivity contribution < 1.29 is 0 Å². The highest BCUT2D eigenvalue weighted by Crippen LogP contribution is 2.40. The van der Waals surface area contributed by atoms with Crippen LogP contribution in [-0.2, 0) is 0 Å². The monoisotopic (exact) mass is 1580 g/mol. The van der Waals surface area contributed by atoms with Crippen molar-refractivity contribution in [2.24, 2.45) is 0 Å². The van der Waals surface area contributed by atoms with Crippen LogP contribution in [0.2, 0.25) is 0 Å². The molecule has 0 spiro atoms. The molecule has 8 nitrogen and oxygen atoms in total. The van der Waals surface area contributed by atoms with Crippen LogP contribution in [0, 0.1) is 0 Å². The minimum absolute atomic E-state index is 0.618. The van der Waals surface area contributed by atoms with Gasteiger partial charge in [0.25, 0.3) is 0 Å². The first-order chi connectivity index (χ1) is 61.4. The third kappa shape index (κ3) is 15.8. The van der Waals surface area contributed by atoms with E-state index in [4.69, 9.17) is 34.9 Å². The minimum Gasteiger partial charge on any atom is -0.264 e. The zero-order valence-corrected chi connectivity index (χ0v) is 67.5. The number of nitrogens with zero attached hydrogens (tertiary/aromatic N) is 8. The second-order valence-corrected chi connectivity index (χ2v) is 31.0. The van der Waals surface area contributed by atoms with Crippen LogP contribution in [0.25, 0.3) is 223 Å². The fourth-order valence-electron chi connectivity index (χ4n) is 16.6. The van der Waals surface area contributed by atoms with Gasteiger partial charge in [-0.3, -0.25) is 9.97 Å². The van der Waals surface area contributed by atoms with Gasteiger partial charge in [0, 0.05) is 68.1 Å². The van der Waals surface area contributed by atoms with Gasteiger partial charge in [-0.15, -0.1) is 0 Å². The highest BCUT2D eigenvalue weighted by molar-refractivity contribution is 6.09. The second-order valence-electron chi connectivity index (χ2n) is 31.0. The first-order valence-corrected chi connectivity index (χ1v) is 41.7. The molecule has 0 aliphatic carbocycles. The molecule has 22 rings (SSSR count). The SMILES string of the molecule is c1ccc(-c2ccc(-c3nc(-c4ccc(-c5ccccc5)cc4)nc(-c4cccc(-c5cccc(-c6cccc(-c7ccc8c(c7)ncc7ccccc78)c6)c5)c4)n3)cc2)cc1.c1ccc(-c2ccc(-c3nc(-c4ccc(-c5ccccc5)cc4)nc(-c4cccc(-c5cccc(-c6cccc(-c7ccc8c(ccc9ccncc98)c7)c6)c5)c4)n3)cc2)cc1. The molecule has 0 saturated carbocycles. The molecule has 4 heterocycles. The van der Waals surface area contributed by atoms with Crippen LogP contribution < -0.4 is 0 Å². The number of benzene rings is 18. The molecule has 0 aliphatic heterocycles. The summed E-state index contributed by atoms with van der Waals surface area (Å²) in [5, 5.41) is 8.32. The largest absolute Gasteiger partial charge is 0.264 e. The van der Waals surface area contributed by atoms with Crippen molar-refractivity contribution in [3.63, 3.8) is 0 Å². The minimum atomic E-state index is 0.618. The highest BCUT2D eigenvalue weighted by atomic mass is 15.0. The molecule has 124 heavy (non-hydrogen) atoms. The van der Waals surface area contributed by atoms with Crippen LogP contribution in [0.15, 0.2) is 461 Å². The maximum Gasteiger partial charge on any atom is 0.164 e. The molecule has 0 fully saturated rings. The van der Waals surface area contributed by atoms with E-state index in [-0.39, 0.29) is 0 Å². The predicted octanol–water partition coefficient (Wildman–Crippen LogP) is 29.8. The van der Waals surface area contributed by atoms with Crippen LogP contribution in [-0.4, -0.2) is 39.9 Å². The quantitative estimate of drug-likeness (QED) is 0.0882. The summed E-state index contributed by atoms with van der Waals surface area (Å²) in [5.74, 6) is 3.74. The van der Waals surface area contributed by atoms with Crippen LogP contribution >= 0.6 is 0 Å². The molecule has 0 amide bonds. The average molecular weight is 1580 g/mol. The Hall–Kier alpha value is -16.7. The van der Waals surface area contributed by atoms with Gasteiger partial charge < -0.3 is 0 Å². The number of aromatic nitrogens is 8. The van der Waals surface area contributed by atoms with Gasteiger partial charge in [0.05, 0.1) is 5.52 Å². The van der Waals surface area contributed by atoms with Gasteiger partial charge in [0.2, 0.25) is 0 Å². The Labute approximate surface area is 719 Å². The van der Waals surface area contributed by atoms with Crippen molar-refractivity contribution in [3.8, 4) is 180 Å². The molecule has 8 heteroatoms. The smallest absolute Gasteiger partial charge is 0.164 e. The molecule has 0 aliphatic rings. The van der Waals surface area contributed by atoms with E-state index in [0.717, 1.165) is 128 Å². The van der Waals surface area contributed by atoms with Crippen LogP contribution in [0.4, 0.5) is 0 Å². The van der Waals surface area contributed by atoms with Crippen molar-refractivity contribution in [1.29, 1.82) is 0 Å². The van der Waals surface area contributed by atoms with Gasteiger partial charge in [-0.05, 0) is 187 Å². The topological polar surface area (TPSA) is 103 Å². The molecule has 4 aromatic heterocycles. The molecule has 0 bridgehead atoms. The van der Waals surface area contributed by atoms with E-state index in [1.807, 2.05) is 42.9 Å². The Morgan fingerprint density at radius 3 is 0.742 bits per heavy atom. The molecule has 0 saturated heterocycles. The third-order valence-electron chi connectivity index (χ3n) is 23.2. The lowest BCUT2D eigenvalue weighted by atomic mass is 9.94. The maximum absolute atomic E-state index is 5.11. The molecule has 0 atom stereocenters. The fraction of sp³-hybridized carbons (Fsp3) is 0. The molecular weight excluding hydrogens is 1510 g/mol. The predicted molar refractivity (Wildman–Crippen MR) is 512 cm³/mol. The number of fused-ring (bicyclic) bond motifs is 6. The van der Waals surface area contributed by atoms with Gasteiger partial charge in [-0.2, -0.15) is 0 Å². The van der Waals surface area contributed by atoms with Crippen molar-refractivity contribution in [3.05, 3.63) is 461 Å². The van der Waals surface area contributed by atoms with Gasteiger partial charge in [0.1, 0.15) is 0 Å². The van der Waals surface area contributed by atoms with E-state index in [9.17, 15) is 0 Å².